The number of ether oxygens (including phenoxy) is 1. The Balaban J connectivity index is 1.95. The smallest absolute Gasteiger partial charge is 0.346 e. The van der Waals surface area contributed by atoms with Crippen molar-refractivity contribution in [2.75, 3.05) is 0 Å². The van der Waals surface area contributed by atoms with Crippen LogP contribution < -0.4 is 4.74 Å². The third kappa shape index (κ3) is 3.98. The van der Waals surface area contributed by atoms with Gasteiger partial charge in [-0.25, -0.2) is 9.48 Å². The van der Waals surface area contributed by atoms with Crippen LogP contribution in [0.25, 0.3) is 5.69 Å². The molecule has 3 aromatic rings. The van der Waals surface area contributed by atoms with E-state index in [1.807, 2.05) is 6.92 Å². The van der Waals surface area contributed by atoms with Crippen LogP contribution in [0.3, 0.4) is 0 Å². The van der Waals surface area contributed by atoms with Crippen molar-refractivity contribution in [2.45, 2.75) is 13.3 Å². The number of aromatic nitrogens is 2. The lowest BCUT2D eigenvalue weighted by Gasteiger charge is -2.09. The van der Waals surface area contributed by atoms with Crippen molar-refractivity contribution < 1.29 is 9.53 Å². The number of carbonyl (C=O) groups is 1. The van der Waals surface area contributed by atoms with Crippen molar-refractivity contribution in [3.63, 3.8) is 0 Å². The van der Waals surface area contributed by atoms with E-state index in [1.54, 1.807) is 41.1 Å². The second-order valence-electron chi connectivity index (χ2n) is 5.23. The van der Waals surface area contributed by atoms with Gasteiger partial charge >= 0.3 is 5.97 Å². The summed E-state index contributed by atoms with van der Waals surface area (Å²) in [7, 11) is 0. The zero-order valence-electron chi connectivity index (χ0n) is 13.2. The molecule has 4 nitrogen and oxygen atoms in total. The van der Waals surface area contributed by atoms with Gasteiger partial charge in [0.25, 0.3) is 0 Å². The fourth-order valence-electron chi connectivity index (χ4n) is 2.23. The average Bonchev–Trinajstić information content (AvgIpc) is 2.98. The number of nitrogens with zero attached hydrogens (tertiary/aromatic N) is 2. The maximum absolute atomic E-state index is 12.5. The maximum atomic E-state index is 12.5. The molecule has 0 saturated heterocycles. The molecule has 0 atom stereocenters. The maximum Gasteiger partial charge on any atom is 0.346 e. The minimum Gasteiger partial charge on any atom is -0.404 e. The number of hydrogen-bond donors (Lipinski definition) is 0. The van der Waals surface area contributed by atoms with Gasteiger partial charge in [-0.15, -0.1) is 0 Å². The molecule has 25 heavy (non-hydrogen) atoms. The standard InChI is InChI=1S/C18H13Cl3N2O2/c1-2-13-10-17(23(22-13)14-6-3-11(19)4-7-14)25-18(24)15-8-5-12(20)9-16(15)21/h3-10H,2H2,1H3. The first-order chi connectivity index (χ1) is 12.0. The SMILES string of the molecule is CCc1cc(OC(=O)c2ccc(Cl)cc2Cl)n(-c2ccc(Cl)cc2)n1. The van der Waals surface area contributed by atoms with Gasteiger partial charge in [-0.3, -0.25) is 0 Å². The van der Waals surface area contributed by atoms with Gasteiger partial charge in [0.05, 0.1) is 22.0 Å². The molecule has 0 radical (unpaired) electrons. The molecule has 128 valence electrons. The van der Waals surface area contributed by atoms with Crippen molar-refractivity contribution in [2.24, 2.45) is 0 Å². The summed E-state index contributed by atoms with van der Waals surface area (Å²) >= 11 is 17.9. The molecule has 0 amide bonds. The van der Waals surface area contributed by atoms with Crippen molar-refractivity contribution in [3.05, 3.63) is 74.9 Å². The van der Waals surface area contributed by atoms with Gasteiger partial charge in [0.2, 0.25) is 5.88 Å². The van der Waals surface area contributed by atoms with Crippen LogP contribution in [-0.4, -0.2) is 15.7 Å². The first kappa shape index (κ1) is 17.8. The molecule has 0 aliphatic carbocycles. The molecule has 3 rings (SSSR count). The molecule has 0 fully saturated rings. The summed E-state index contributed by atoms with van der Waals surface area (Å²) in [6.07, 6.45) is 0.701. The van der Waals surface area contributed by atoms with Crippen molar-refractivity contribution in [3.8, 4) is 11.6 Å². The first-order valence-corrected chi connectivity index (χ1v) is 8.63. The van der Waals surface area contributed by atoms with E-state index in [0.29, 0.717) is 22.3 Å². The van der Waals surface area contributed by atoms with E-state index in [2.05, 4.69) is 5.10 Å². The van der Waals surface area contributed by atoms with Crippen LogP contribution in [0.5, 0.6) is 5.88 Å². The molecule has 1 aromatic heterocycles. The van der Waals surface area contributed by atoms with Crippen LogP contribution >= 0.6 is 34.8 Å². The van der Waals surface area contributed by atoms with Gasteiger partial charge in [0, 0.05) is 16.1 Å². The summed E-state index contributed by atoms with van der Waals surface area (Å²) in [5.74, 6) is -0.283. The van der Waals surface area contributed by atoms with Gasteiger partial charge in [-0.2, -0.15) is 5.10 Å². The zero-order valence-corrected chi connectivity index (χ0v) is 15.4. The second-order valence-corrected chi connectivity index (χ2v) is 6.51. The quantitative estimate of drug-likeness (QED) is 0.539. The summed E-state index contributed by atoms with van der Waals surface area (Å²) < 4.78 is 7.07. The summed E-state index contributed by atoms with van der Waals surface area (Å²) in [6, 6.07) is 13.4. The molecule has 0 aliphatic rings. The minimum absolute atomic E-state index is 0.228. The Morgan fingerprint density at radius 3 is 2.36 bits per heavy atom. The number of halogens is 3. The van der Waals surface area contributed by atoms with E-state index < -0.39 is 5.97 Å². The van der Waals surface area contributed by atoms with E-state index in [-0.39, 0.29) is 10.6 Å². The van der Waals surface area contributed by atoms with E-state index in [4.69, 9.17) is 39.5 Å². The van der Waals surface area contributed by atoms with E-state index in [1.165, 1.54) is 12.1 Å². The average molecular weight is 396 g/mol. The highest BCUT2D eigenvalue weighted by Crippen LogP contribution is 2.25. The van der Waals surface area contributed by atoms with Crippen LogP contribution in [-0.2, 0) is 6.42 Å². The van der Waals surface area contributed by atoms with E-state index in [9.17, 15) is 4.79 Å². The Hall–Kier alpha value is -2.01. The second kappa shape index (κ2) is 7.48. The monoisotopic (exact) mass is 394 g/mol. The Labute approximate surface area is 159 Å². The molecule has 0 spiro atoms. The topological polar surface area (TPSA) is 44.1 Å². The highest BCUT2D eigenvalue weighted by atomic mass is 35.5. The third-order valence-corrected chi connectivity index (χ3v) is 4.31. The van der Waals surface area contributed by atoms with Crippen molar-refractivity contribution in [1.29, 1.82) is 0 Å². The first-order valence-electron chi connectivity index (χ1n) is 7.50. The number of aryl methyl sites for hydroxylation is 1. The number of carbonyl (C=O) groups excluding carboxylic acids is 1. The number of rotatable bonds is 4. The van der Waals surface area contributed by atoms with Crippen LogP contribution in [0, 0.1) is 0 Å². The van der Waals surface area contributed by atoms with Crippen molar-refractivity contribution >= 4 is 40.8 Å². The van der Waals surface area contributed by atoms with Crippen LogP contribution in [0.1, 0.15) is 23.0 Å². The lowest BCUT2D eigenvalue weighted by Crippen LogP contribution is -2.12. The third-order valence-electron chi connectivity index (χ3n) is 3.51. The fraction of sp³-hybridized carbons (Fsp3) is 0.111. The Bertz CT molecular complexity index is 921. The Morgan fingerprint density at radius 2 is 1.72 bits per heavy atom. The largest absolute Gasteiger partial charge is 0.404 e. The van der Waals surface area contributed by atoms with Gasteiger partial charge in [-0.1, -0.05) is 41.7 Å². The Morgan fingerprint density at radius 1 is 1.04 bits per heavy atom. The summed E-state index contributed by atoms with van der Waals surface area (Å²) in [5.41, 5.74) is 1.75. The molecular formula is C18H13Cl3N2O2. The zero-order chi connectivity index (χ0) is 18.0. The molecule has 0 bridgehead atoms. The van der Waals surface area contributed by atoms with Crippen LogP contribution in [0.4, 0.5) is 0 Å². The van der Waals surface area contributed by atoms with Gasteiger partial charge < -0.3 is 4.74 Å². The summed E-state index contributed by atoms with van der Waals surface area (Å²) in [6.45, 7) is 1.97. The molecular weight excluding hydrogens is 383 g/mol. The highest BCUT2D eigenvalue weighted by Gasteiger charge is 2.18. The number of benzene rings is 2. The molecule has 2 aromatic carbocycles. The predicted octanol–water partition coefficient (Wildman–Crippen LogP) is 5.61. The van der Waals surface area contributed by atoms with Gasteiger partial charge in [0.15, 0.2) is 0 Å². The minimum atomic E-state index is -0.584. The predicted molar refractivity (Wildman–Crippen MR) is 99.4 cm³/mol. The highest BCUT2D eigenvalue weighted by molar-refractivity contribution is 6.36. The molecule has 7 heteroatoms. The molecule has 0 aliphatic heterocycles. The van der Waals surface area contributed by atoms with Crippen molar-refractivity contribution in [1.82, 2.24) is 9.78 Å². The van der Waals surface area contributed by atoms with E-state index >= 15 is 0 Å². The normalized spacial score (nSPS) is 10.7. The summed E-state index contributed by atoms with van der Waals surface area (Å²) in [5, 5.41) is 5.74. The molecule has 1 heterocycles. The van der Waals surface area contributed by atoms with Gasteiger partial charge in [0.1, 0.15) is 0 Å². The van der Waals surface area contributed by atoms with Crippen LogP contribution in [0.15, 0.2) is 48.5 Å². The lowest BCUT2D eigenvalue weighted by atomic mass is 10.2. The molecule has 0 saturated carbocycles. The van der Waals surface area contributed by atoms with Gasteiger partial charge in [-0.05, 0) is 48.9 Å². The lowest BCUT2D eigenvalue weighted by molar-refractivity contribution is 0.0723. The van der Waals surface area contributed by atoms with E-state index in [0.717, 1.165) is 11.4 Å². The number of hydrogen-bond acceptors (Lipinski definition) is 3. The van der Waals surface area contributed by atoms with Crippen LogP contribution in [0.2, 0.25) is 15.1 Å². The summed E-state index contributed by atoms with van der Waals surface area (Å²) in [4.78, 5) is 12.5. The number of esters is 1. The molecule has 0 unspecified atom stereocenters. The Kier molecular flexibility index (Phi) is 5.33. The fourth-order valence-corrected chi connectivity index (χ4v) is 2.84. The molecule has 0 N–H and O–H groups in total.